The van der Waals surface area contributed by atoms with E-state index in [2.05, 4.69) is 11.8 Å². The molecule has 3 nitrogen and oxygen atoms in total. The standard InChI is InChI=1S/C14H22ClNO2/c1-3-16(9-10-18-2)8-7-14(17)12-5-4-6-13(15)11-12/h4-6,11,14,17H,3,7-10H2,1-2H3. The van der Waals surface area contributed by atoms with E-state index in [1.807, 2.05) is 24.3 Å². The van der Waals surface area contributed by atoms with Gasteiger partial charge in [0.2, 0.25) is 0 Å². The molecule has 0 fully saturated rings. The Labute approximate surface area is 114 Å². The molecule has 0 heterocycles. The maximum atomic E-state index is 10.1. The number of rotatable bonds is 8. The highest BCUT2D eigenvalue weighted by Gasteiger charge is 2.10. The second kappa shape index (κ2) is 8.48. The van der Waals surface area contributed by atoms with Crippen molar-refractivity contribution in [2.24, 2.45) is 0 Å². The highest BCUT2D eigenvalue weighted by Crippen LogP contribution is 2.20. The Morgan fingerprint density at radius 1 is 1.39 bits per heavy atom. The number of aliphatic hydroxyl groups excluding tert-OH is 1. The van der Waals surface area contributed by atoms with Crippen LogP contribution in [-0.2, 0) is 4.74 Å². The molecule has 0 aliphatic heterocycles. The van der Waals surface area contributed by atoms with Gasteiger partial charge in [0.25, 0.3) is 0 Å². The third-order valence-electron chi connectivity index (χ3n) is 3.01. The molecule has 1 atom stereocenters. The van der Waals surface area contributed by atoms with Gasteiger partial charge in [-0.3, -0.25) is 0 Å². The van der Waals surface area contributed by atoms with Gasteiger partial charge in [-0.25, -0.2) is 0 Å². The predicted molar refractivity (Wildman–Crippen MR) is 75.0 cm³/mol. The Hall–Kier alpha value is -0.610. The average Bonchev–Trinajstić information content (AvgIpc) is 2.38. The van der Waals surface area contributed by atoms with E-state index in [0.29, 0.717) is 11.4 Å². The van der Waals surface area contributed by atoms with Crippen LogP contribution in [0.1, 0.15) is 25.0 Å². The predicted octanol–water partition coefficient (Wildman–Crippen LogP) is 2.73. The SMILES string of the molecule is CCN(CCOC)CCC(O)c1cccc(Cl)c1. The summed E-state index contributed by atoms with van der Waals surface area (Å²) < 4.78 is 5.06. The fourth-order valence-electron chi connectivity index (χ4n) is 1.83. The van der Waals surface area contributed by atoms with Crippen LogP contribution >= 0.6 is 11.6 Å². The fraction of sp³-hybridized carbons (Fsp3) is 0.571. The van der Waals surface area contributed by atoms with Crippen molar-refractivity contribution in [3.63, 3.8) is 0 Å². The van der Waals surface area contributed by atoms with Crippen LogP contribution < -0.4 is 0 Å². The van der Waals surface area contributed by atoms with Crippen LogP contribution in [0.5, 0.6) is 0 Å². The van der Waals surface area contributed by atoms with E-state index in [4.69, 9.17) is 16.3 Å². The largest absolute Gasteiger partial charge is 0.388 e. The number of methoxy groups -OCH3 is 1. The molecule has 0 radical (unpaired) electrons. The number of hydrogen-bond acceptors (Lipinski definition) is 3. The summed E-state index contributed by atoms with van der Waals surface area (Å²) in [5.74, 6) is 0. The zero-order chi connectivity index (χ0) is 13.4. The number of aliphatic hydroxyl groups is 1. The normalized spacial score (nSPS) is 12.9. The molecule has 1 aromatic rings. The number of nitrogens with zero attached hydrogens (tertiary/aromatic N) is 1. The maximum Gasteiger partial charge on any atom is 0.0802 e. The first-order chi connectivity index (χ1) is 8.67. The molecule has 0 amide bonds. The number of benzene rings is 1. The quantitative estimate of drug-likeness (QED) is 0.789. The third kappa shape index (κ3) is 5.36. The van der Waals surface area contributed by atoms with Crippen LogP contribution in [0, 0.1) is 0 Å². The number of ether oxygens (including phenoxy) is 1. The summed E-state index contributed by atoms with van der Waals surface area (Å²) >= 11 is 5.91. The van der Waals surface area contributed by atoms with Crippen molar-refractivity contribution in [3.05, 3.63) is 34.9 Å². The minimum absolute atomic E-state index is 0.458. The van der Waals surface area contributed by atoms with Gasteiger partial charge in [0, 0.05) is 25.2 Å². The van der Waals surface area contributed by atoms with Gasteiger partial charge >= 0.3 is 0 Å². The molecular formula is C14H22ClNO2. The first-order valence-electron chi connectivity index (χ1n) is 6.32. The van der Waals surface area contributed by atoms with Crippen molar-refractivity contribution in [2.45, 2.75) is 19.4 Å². The summed E-state index contributed by atoms with van der Waals surface area (Å²) in [6.07, 6.45) is 0.248. The van der Waals surface area contributed by atoms with Crippen LogP contribution in [0.15, 0.2) is 24.3 Å². The van der Waals surface area contributed by atoms with Crippen molar-refractivity contribution in [1.29, 1.82) is 0 Å². The van der Waals surface area contributed by atoms with Gasteiger partial charge in [0.1, 0.15) is 0 Å². The first-order valence-corrected chi connectivity index (χ1v) is 6.70. The van der Waals surface area contributed by atoms with Crippen molar-refractivity contribution in [3.8, 4) is 0 Å². The van der Waals surface area contributed by atoms with Crippen molar-refractivity contribution < 1.29 is 9.84 Å². The fourth-order valence-corrected chi connectivity index (χ4v) is 2.03. The molecule has 0 bridgehead atoms. The number of likely N-dealkylation sites (N-methyl/N-ethyl adjacent to an activating group) is 1. The van der Waals surface area contributed by atoms with Gasteiger partial charge < -0.3 is 14.7 Å². The van der Waals surface area contributed by atoms with Gasteiger partial charge in [-0.1, -0.05) is 30.7 Å². The molecule has 18 heavy (non-hydrogen) atoms. The molecule has 102 valence electrons. The summed E-state index contributed by atoms with van der Waals surface area (Å²) in [5, 5.41) is 10.8. The van der Waals surface area contributed by atoms with Gasteiger partial charge in [-0.2, -0.15) is 0 Å². The third-order valence-corrected chi connectivity index (χ3v) is 3.25. The molecular weight excluding hydrogens is 250 g/mol. The zero-order valence-corrected chi connectivity index (χ0v) is 11.9. The van der Waals surface area contributed by atoms with Gasteiger partial charge in [-0.05, 0) is 30.7 Å². The maximum absolute atomic E-state index is 10.1. The molecule has 0 saturated heterocycles. The highest BCUT2D eigenvalue weighted by atomic mass is 35.5. The van der Waals surface area contributed by atoms with E-state index in [1.54, 1.807) is 7.11 Å². The monoisotopic (exact) mass is 271 g/mol. The Morgan fingerprint density at radius 2 is 2.17 bits per heavy atom. The molecule has 1 N–H and O–H groups in total. The molecule has 0 spiro atoms. The van der Waals surface area contributed by atoms with Crippen LogP contribution in [0.4, 0.5) is 0 Å². The lowest BCUT2D eigenvalue weighted by molar-refractivity contribution is 0.120. The number of hydrogen-bond donors (Lipinski definition) is 1. The van der Waals surface area contributed by atoms with Crippen LogP contribution in [0.3, 0.4) is 0 Å². The lowest BCUT2D eigenvalue weighted by Gasteiger charge is -2.21. The van der Waals surface area contributed by atoms with E-state index < -0.39 is 6.10 Å². The van der Waals surface area contributed by atoms with E-state index in [0.717, 1.165) is 31.8 Å². The summed E-state index contributed by atoms with van der Waals surface area (Å²) in [6.45, 7) is 5.55. The topological polar surface area (TPSA) is 32.7 Å². The Balaban J connectivity index is 2.42. The zero-order valence-electron chi connectivity index (χ0n) is 11.1. The molecule has 0 saturated carbocycles. The number of halogens is 1. The minimum Gasteiger partial charge on any atom is -0.388 e. The molecule has 0 aliphatic rings. The molecule has 0 aliphatic carbocycles. The van der Waals surface area contributed by atoms with Gasteiger partial charge in [0.05, 0.1) is 12.7 Å². The van der Waals surface area contributed by atoms with Gasteiger partial charge in [-0.15, -0.1) is 0 Å². The first kappa shape index (κ1) is 15.4. The van der Waals surface area contributed by atoms with Gasteiger partial charge in [0.15, 0.2) is 0 Å². The van der Waals surface area contributed by atoms with E-state index in [9.17, 15) is 5.11 Å². The summed E-state index contributed by atoms with van der Waals surface area (Å²) in [4.78, 5) is 2.26. The molecule has 0 aromatic heterocycles. The summed E-state index contributed by atoms with van der Waals surface area (Å²) in [6, 6.07) is 7.40. The summed E-state index contributed by atoms with van der Waals surface area (Å²) in [7, 11) is 1.70. The Morgan fingerprint density at radius 3 is 2.78 bits per heavy atom. The molecule has 1 rings (SSSR count). The van der Waals surface area contributed by atoms with Crippen LogP contribution in [0.2, 0.25) is 5.02 Å². The Bertz CT molecular complexity index is 346. The molecule has 4 heteroatoms. The lowest BCUT2D eigenvalue weighted by atomic mass is 10.1. The van der Waals surface area contributed by atoms with Crippen LogP contribution in [0.25, 0.3) is 0 Å². The Kier molecular flexibility index (Phi) is 7.28. The molecule has 1 aromatic carbocycles. The summed E-state index contributed by atoms with van der Waals surface area (Å²) in [5.41, 5.74) is 0.880. The van der Waals surface area contributed by atoms with Crippen molar-refractivity contribution in [1.82, 2.24) is 4.90 Å². The smallest absolute Gasteiger partial charge is 0.0802 e. The van der Waals surface area contributed by atoms with E-state index >= 15 is 0 Å². The highest BCUT2D eigenvalue weighted by molar-refractivity contribution is 6.30. The van der Waals surface area contributed by atoms with Crippen molar-refractivity contribution >= 4 is 11.6 Å². The minimum atomic E-state index is -0.458. The second-order valence-corrected chi connectivity index (χ2v) is 4.72. The average molecular weight is 272 g/mol. The lowest BCUT2D eigenvalue weighted by Crippen LogP contribution is -2.29. The van der Waals surface area contributed by atoms with E-state index in [-0.39, 0.29) is 0 Å². The molecule has 1 unspecified atom stereocenters. The second-order valence-electron chi connectivity index (χ2n) is 4.29. The van der Waals surface area contributed by atoms with Crippen LogP contribution in [-0.4, -0.2) is 43.4 Å². The van der Waals surface area contributed by atoms with Crippen molar-refractivity contribution in [2.75, 3.05) is 33.4 Å². The van der Waals surface area contributed by atoms with E-state index in [1.165, 1.54) is 0 Å².